The van der Waals surface area contributed by atoms with Crippen molar-refractivity contribution in [3.05, 3.63) is 99.2 Å². The summed E-state index contributed by atoms with van der Waals surface area (Å²) < 4.78 is 11.3. The lowest BCUT2D eigenvalue weighted by Gasteiger charge is -2.12. The number of carbonyl (C=O) groups is 1. The van der Waals surface area contributed by atoms with Gasteiger partial charge in [-0.1, -0.05) is 47.5 Å². The van der Waals surface area contributed by atoms with Gasteiger partial charge < -0.3 is 9.47 Å². The number of nitrogens with one attached hydrogen (secondary N) is 1. The zero-order valence-corrected chi connectivity index (χ0v) is 20.0. The summed E-state index contributed by atoms with van der Waals surface area (Å²) >= 11 is 12.0. The number of ether oxygens (including phenoxy) is 2. The van der Waals surface area contributed by atoms with Gasteiger partial charge in [0, 0.05) is 11.1 Å². The summed E-state index contributed by atoms with van der Waals surface area (Å²) in [5.74, 6) is 0.783. The maximum Gasteiger partial charge on any atom is 0.272 e. The molecule has 0 atom stereocenters. The second-order valence-corrected chi connectivity index (χ2v) is 8.29. The highest BCUT2D eigenvalue weighted by Gasteiger charge is 2.11. The minimum Gasteiger partial charge on any atom is -0.493 e. The van der Waals surface area contributed by atoms with Crippen molar-refractivity contribution >= 4 is 46.2 Å². The van der Waals surface area contributed by atoms with Crippen molar-refractivity contribution in [3.63, 3.8) is 0 Å². The lowest BCUT2D eigenvalue weighted by molar-refractivity contribution is 0.0956. The van der Waals surface area contributed by atoms with E-state index in [1.54, 1.807) is 43.7 Å². The van der Waals surface area contributed by atoms with Gasteiger partial charge in [-0.2, -0.15) is 5.10 Å². The fourth-order valence-corrected chi connectivity index (χ4v) is 3.72. The van der Waals surface area contributed by atoms with Gasteiger partial charge in [0.25, 0.3) is 5.91 Å². The second-order valence-electron chi connectivity index (χ2n) is 7.47. The predicted molar refractivity (Wildman–Crippen MR) is 135 cm³/mol. The first-order valence-corrected chi connectivity index (χ1v) is 11.1. The highest BCUT2D eigenvalue weighted by atomic mass is 35.5. The molecule has 0 bridgehead atoms. The molecule has 8 heteroatoms. The predicted octanol–water partition coefficient (Wildman–Crippen LogP) is 6.20. The molecule has 1 heterocycles. The van der Waals surface area contributed by atoms with Crippen LogP contribution in [-0.2, 0) is 6.61 Å². The molecule has 3 aromatic carbocycles. The van der Waals surface area contributed by atoms with Crippen LogP contribution in [0.2, 0.25) is 10.0 Å². The zero-order valence-electron chi connectivity index (χ0n) is 18.5. The Bertz CT molecular complexity index is 1390. The Labute approximate surface area is 207 Å². The lowest BCUT2D eigenvalue weighted by Crippen LogP contribution is -2.18. The zero-order chi connectivity index (χ0) is 24.1. The van der Waals surface area contributed by atoms with Crippen LogP contribution in [0, 0.1) is 6.92 Å². The van der Waals surface area contributed by atoms with Crippen LogP contribution in [0.25, 0.3) is 10.9 Å². The number of hydrogen-bond acceptors (Lipinski definition) is 5. The first-order valence-electron chi connectivity index (χ1n) is 10.4. The van der Waals surface area contributed by atoms with Crippen molar-refractivity contribution in [3.8, 4) is 11.5 Å². The number of aryl methyl sites for hydroxylation is 1. The van der Waals surface area contributed by atoms with Gasteiger partial charge >= 0.3 is 0 Å². The normalized spacial score (nSPS) is 11.1. The van der Waals surface area contributed by atoms with Gasteiger partial charge in [-0.05, 0) is 60.5 Å². The van der Waals surface area contributed by atoms with E-state index in [2.05, 4.69) is 15.5 Å². The van der Waals surface area contributed by atoms with E-state index in [-0.39, 0.29) is 5.91 Å². The van der Waals surface area contributed by atoms with Crippen LogP contribution in [-0.4, -0.2) is 24.2 Å². The Morgan fingerprint density at radius 2 is 1.85 bits per heavy atom. The SMILES string of the molecule is COc1cc(C=NNC(=O)c2cc(C)nc3ccccc23)ccc1OCc1ccc(Cl)c(Cl)c1. The first kappa shape index (κ1) is 23.5. The molecule has 1 amide bonds. The van der Waals surface area contributed by atoms with Crippen LogP contribution in [0.5, 0.6) is 11.5 Å². The van der Waals surface area contributed by atoms with E-state index < -0.39 is 0 Å². The van der Waals surface area contributed by atoms with E-state index in [1.165, 1.54) is 0 Å². The molecule has 172 valence electrons. The summed E-state index contributed by atoms with van der Waals surface area (Å²) in [6.07, 6.45) is 1.54. The van der Waals surface area contributed by atoms with Gasteiger partial charge in [-0.25, -0.2) is 5.43 Å². The quantitative estimate of drug-likeness (QED) is 0.245. The molecule has 0 unspecified atom stereocenters. The van der Waals surface area contributed by atoms with Gasteiger partial charge in [-0.3, -0.25) is 9.78 Å². The Hall–Kier alpha value is -3.61. The van der Waals surface area contributed by atoms with Crippen molar-refractivity contribution in [1.29, 1.82) is 0 Å². The fraction of sp³-hybridized carbons (Fsp3) is 0.115. The van der Waals surface area contributed by atoms with Gasteiger partial charge in [-0.15, -0.1) is 0 Å². The topological polar surface area (TPSA) is 72.8 Å². The minimum atomic E-state index is -0.313. The molecule has 0 aliphatic carbocycles. The Balaban J connectivity index is 1.44. The second kappa shape index (κ2) is 10.5. The number of hydrogen-bond donors (Lipinski definition) is 1. The molecule has 1 N–H and O–H groups in total. The molecule has 4 rings (SSSR count). The van der Waals surface area contributed by atoms with Crippen LogP contribution in [0.4, 0.5) is 0 Å². The summed E-state index contributed by atoms with van der Waals surface area (Å²) in [6, 6.07) is 19.9. The summed E-state index contributed by atoms with van der Waals surface area (Å²) in [5.41, 5.74) is 6.23. The number of amides is 1. The number of nitrogens with zero attached hydrogens (tertiary/aromatic N) is 2. The van der Waals surface area contributed by atoms with E-state index >= 15 is 0 Å². The molecule has 0 aliphatic rings. The molecule has 4 aromatic rings. The van der Waals surface area contributed by atoms with E-state index in [4.69, 9.17) is 32.7 Å². The first-order chi connectivity index (χ1) is 16.4. The number of carbonyl (C=O) groups excluding carboxylic acids is 1. The third-order valence-electron chi connectivity index (χ3n) is 5.03. The van der Waals surface area contributed by atoms with Gasteiger partial charge in [0.1, 0.15) is 6.61 Å². The molecule has 6 nitrogen and oxygen atoms in total. The summed E-state index contributed by atoms with van der Waals surface area (Å²) in [7, 11) is 1.56. The number of aromatic nitrogens is 1. The summed E-state index contributed by atoms with van der Waals surface area (Å²) in [5, 5.41) is 5.83. The Morgan fingerprint density at radius 1 is 1.03 bits per heavy atom. The number of methoxy groups -OCH3 is 1. The molecular weight excluding hydrogens is 473 g/mol. The molecule has 0 saturated heterocycles. The average Bonchev–Trinajstić information content (AvgIpc) is 2.84. The molecular formula is C26H21Cl2N3O3. The van der Waals surface area contributed by atoms with Crippen LogP contribution in [0.1, 0.15) is 27.2 Å². The molecule has 0 aliphatic heterocycles. The van der Waals surface area contributed by atoms with Gasteiger partial charge in [0.05, 0.1) is 34.4 Å². The van der Waals surface area contributed by atoms with Crippen molar-refractivity contribution < 1.29 is 14.3 Å². The van der Waals surface area contributed by atoms with Gasteiger partial charge in [0.2, 0.25) is 0 Å². The number of rotatable bonds is 7. The number of benzene rings is 3. The molecule has 34 heavy (non-hydrogen) atoms. The van der Waals surface area contributed by atoms with Crippen molar-refractivity contribution in [1.82, 2.24) is 10.4 Å². The summed E-state index contributed by atoms with van der Waals surface area (Å²) in [4.78, 5) is 17.2. The van der Waals surface area contributed by atoms with Crippen LogP contribution < -0.4 is 14.9 Å². The largest absolute Gasteiger partial charge is 0.493 e. The number of hydrazone groups is 1. The number of para-hydroxylation sites is 1. The highest BCUT2D eigenvalue weighted by molar-refractivity contribution is 6.42. The molecule has 1 aromatic heterocycles. The minimum absolute atomic E-state index is 0.302. The number of pyridine rings is 1. The maximum atomic E-state index is 12.7. The van der Waals surface area contributed by atoms with E-state index in [0.29, 0.717) is 33.7 Å². The molecule has 0 spiro atoms. The van der Waals surface area contributed by atoms with Crippen LogP contribution in [0.15, 0.2) is 71.8 Å². The Morgan fingerprint density at radius 3 is 2.65 bits per heavy atom. The third-order valence-corrected chi connectivity index (χ3v) is 5.77. The molecule has 0 saturated carbocycles. The average molecular weight is 494 g/mol. The standard InChI is InChI=1S/C26H21Cl2N3O3/c1-16-11-20(19-5-3-4-6-23(19)30-16)26(32)31-29-14-17-8-10-24(25(13-17)33-2)34-15-18-7-9-21(27)22(28)12-18/h3-14H,15H2,1-2H3,(H,31,32). The van der Waals surface area contributed by atoms with E-state index in [1.807, 2.05) is 43.3 Å². The third kappa shape index (κ3) is 5.47. The van der Waals surface area contributed by atoms with Gasteiger partial charge in [0.15, 0.2) is 11.5 Å². The molecule has 0 radical (unpaired) electrons. The van der Waals surface area contributed by atoms with Crippen molar-refractivity contribution in [2.24, 2.45) is 5.10 Å². The lowest BCUT2D eigenvalue weighted by atomic mass is 10.1. The maximum absolute atomic E-state index is 12.7. The van der Waals surface area contributed by atoms with Crippen LogP contribution in [0.3, 0.4) is 0 Å². The fourth-order valence-electron chi connectivity index (χ4n) is 3.40. The van der Waals surface area contributed by atoms with Crippen molar-refractivity contribution in [2.45, 2.75) is 13.5 Å². The Kier molecular flexibility index (Phi) is 7.30. The van der Waals surface area contributed by atoms with E-state index in [9.17, 15) is 4.79 Å². The monoisotopic (exact) mass is 493 g/mol. The highest BCUT2D eigenvalue weighted by Crippen LogP contribution is 2.29. The number of fused-ring (bicyclic) bond motifs is 1. The van der Waals surface area contributed by atoms with Crippen molar-refractivity contribution in [2.75, 3.05) is 7.11 Å². The summed E-state index contributed by atoms with van der Waals surface area (Å²) in [6.45, 7) is 2.15. The number of halogens is 2. The van der Waals surface area contributed by atoms with Crippen LogP contribution >= 0.6 is 23.2 Å². The van der Waals surface area contributed by atoms with E-state index in [0.717, 1.165) is 27.7 Å². The molecule has 0 fully saturated rings. The smallest absolute Gasteiger partial charge is 0.272 e.